The molecule has 2 N–H and O–H groups in total. The Hall–Kier alpha value is -4.05. The highest BCUT2D eigenvalue weighted by Crippen LogP contribution is 2.36. The highest BCUT2D eigenvalue weighted by atomic mass is 32.2. The smallest absolute Gasteiger partial charge is 0.264 e. The second-order valence-electron chi connectivity index (χ2n) is 10.4. The van der Waals surface area contributed by atoms with Crippen LogP contribution in [0.1, 0.15) is 48.4 Å². The van der Waals surface area contributed by atoms with E-state index >= 15 is 0 Å². The van der Waals surface area contributed by atoms with Gasteiger partial charge < -0.3 is 10.1 Å². The van der Waals surface area contributed by atoms with Crippen molar-refractivity contribution < 1.29 is 17.9 Å². The molecule has 2 aromatic carbocycles. The molecule has 0 bridgehead atoms. The molecule has 12 heteroatoms. The van der Waals surface area contributed by atoms with Crippen molar-refractivity contribution in [1.82, 2.24) is 19.6 Å². The lowest BCUT2D eigenvalue weighted by atomic mass is 10.0. The van der Waals surface area contributed by atoms with E-state index in [1.165, 1.54) is 23.5 Å². The van der Waals surface area contributed by atoms with Crippen molar-refractivity contribution in [2.24, 2.45) is 0 Å². The SMILES string of the molecule is CCC(=O)NS(=O)(=O)c1ccc(CN2CCC(Nc3nc(Oc4c(C)cc(C#N)cc4C)c4sccc4n3)CC2)cc1. The van der Waals surface area contributed by atoms with E-state index in [1.807, 2.05) is 37.4 Å². The van der Waals surface area contributed by atoms with Crippen molar-refractivity contribution in [1.29, 1.82) is 5.26 Å². The third-order valence-electron chi connectivity index (χ3n) is 7.19. The van der Waals surface area contributed by atoms with Crippen LogP contribution in [0.2, 0.25) is 0 Å². The number of nitrogens with one attached hydrogen (secondary N) is 2. The average molecular weight is 605 g/mol. The number of hydrogen-bond acceptors (Lipinski definition) is 10. The van der Waals surface area contributed by atoms with Gasteiger partial charge in [0.2, 0.25) is 17.7 Å². The number of carbonyl (C=O) groups is 1. The summed E-state index contributed by atoms with van der Waals surface area (Å²) < 4.78 is 33.9. The second-order valence-corrected chi connectivity index (χ2v) is 13.0. The van der Waals surface area contributed by atoms with E-state index < -0.39 is 15.9 Å². The van der Waals surface area contributed by atoms with Crippen LogP contribution in [0.15, 0.2) is 52.7 Å². The molecule has 4 aromatic rings. The molecule has 0 spiro atoms. The molecule has 10 nitrogen and oxygen atoms in total. The normalized spacial score (nSPS) is 14.4. The van der Waals surface area contributed by atoms with Gasteiger partial charge in [0.1, 0.15) is 10.4 Å². The topological polar surface area (TPSA) is 137 Å². The molecule has 1 fully saturated rings. The number of fused-ring (bicyclic) bond motifs is 1. The molecule has 42 heavy (non-hydrogen) atoms. The van der Waals surface area contributed by atoms with Crippen molar-refractivity contribution in [3.63, 3.8) is 0 Å². The van der Waals surface area contributed by atoms with Gasteiger partial charge >= 0.3 is 0 Å². The maximum absolute atomic E-state index is 12.3. The molecular weight excluding hydrogens is 573 g/mol. The first kappa shape index (κ1) is 29.4. The van der Waals surface area contributed by atoms with Crippen LogP contribution in [0, 0.1) is 25.2 Å². The molecule has 0 unspecified atom stereocenters. The number of ether oxygens (including phenoxy) is 1. The van der Waals surface area contributed by atoms with Crippen molar-refractivity contribution in [3.05, 3.63) is 70.1 Å². The number of nitrogens with zero attached hydrogens (tertiary/aromatic N) is 4. The number of nitriles is 1. The summed E-state index contributed by atoms with van der Waals surface area (Å²) in [6, 6.07) is 14.6. The van der Waals surface area contributed by atoms with Gasteiger partial charge in [0, 0.05) is 32.1 Å². The van der Waals surface area contributed by atoms with Crippen molar-refractivity contribution in [3.8, 4) is 17.7 Å². The number of aromatic nitrogens is 2. The first-order chi connectivity index (χ1) is 20.1. The number of anilines is 1. The van der Waals surface area contributed by atoms with Gasteiger partial charge in [-0.3, -0.25) is 9.69 Å². The predicted molar refractivity (Wildman–Crippen MR) is 162 cm³/mol. The summed E-state index contributed by atoms with van der Waals surface area (Å²) in [4.78, 5) is 23.4. The Balaban J connectivity index is 1.21. The minimum absolute atomic E-state index is 0.0754. The van der Waals surface area contributed by atoms with Gasteiger partial charge in [0.25, 0.3) is 10.0 Å². The first-order valence-corrected chi connectivity index (χ1v) is 16.1. The fraction of sp³-hybridized carbons (Fsp3) is 0.333. The first-order valence-electron chi connectivity index (χ1n) is 13.7. The highest BCUT2D eigenvalue weighted by Gasteiger charge is 2.22. The van der Waals surface area contributed by atoms with Gasteiger partial charge in [0.05, 0.1) is 22.0 Å². The van der Waals surface area contributed by atoms with E-state index in [4.69, 9.17) is 14.7 Å². The van der Waals surface area contributed by atoms with Crippen LogP contribution in [-0.2, 0) is 21.4 Å². The van der Waals surface area contributed by atoms with E-state index in [0.717, 1.165) is 52.8 Å². The number of sulfonamides is 1. The standard InChI is InChI=1S/C30H32N6O4S2/c1-4-26(37)35-42(38,39)24-7-5-21(6-8-24)18-36-12-9-23(10-13-36)32-30-33-25-11-14-41-28(25)29(34-30)40-27-19(2)15-22(17-31)16-20(27)3/h5-8,11,14-16,23H,4,9-10,12-13,18H2,1-3H3,(H,35,37)(H,32,33,34). The van der Waals surface area contributed by atoms with Crippen molar-refractivity contribution in [2.45, 2.75) is 57.5 Å². The summed E-state index contributed by atoms with van der Waals surface area (Å²) in [5.74, 6) is 1.17. The minimum atomic E-state index is -3.85. The molecule has 218 valence electrons. The molecule has 5 rings (SSSR count). The number of thiophene rings is 1. The summed E-state index contributed by atoms with van der Waals surface area (Å²) in [6.45, 7) is 7.87. The van der Waals surface area contributed by atoms with Gasteiger partial charge in [-0.15, -0.1) is 11.3 Å². The molecule has 1 amide bonds. The number of aryl methyl sites for hydroxylation is 2. The van der Waals surface area contributed by atoms with Crippen LogP contribution in [0.25, 0.3) is 10.2 Å². The average Bonchev–Trinajstić information content (AvgIpc) is 3.45. The van der Waals surface area contributed by atoms with E-state index in [-0.39, 0.29) is 17.4 Å². The van der Waals surface area contributed by atoms with Crippen LogP contribution in [0.4, 0.5) is 5.95 Å². The number of amides is 1. The number of carbonyl (C=O) groups excluding carboxylic acids is 1. The monoisotopic (exact) mass is 604 g/mol. The molecule has 0 atom stereocenters. The number of hydrogen-bond donors (Lipinski definition) is 2. The summed E-state index contributed by atoms with van der Waals surface area (Å²) in [5, 5.41) is 14.7. The van der Waals surface area contributed by atoms with Crippen molar-refractivity contribution >= 4 is 43.4 Å². The lowest BCUT2D eigenvalue weighted by Crippen LogP contribution is -2.39. The number of rotatable bonds is 9. The van der Waals surface area contributed by atoms with Gasteiger partial charge in [-0.1, -0.05) is 19.1 Å². The number of benzene rings is 2. The van der Waals surface area contributed by atoms with E-state index in [0.29, 0.717) is 29.7 Å². The van der Waals surface area contributed by atoms with Gasteiger partial charge in [-0.05, 0) is 79.1 Å². The molecule has 2 aromatic heterocycles. The zero-order valence-electron chi connectivity index (χ0n) is 23.7. The summed E-state index contributed by atoms with van der Waals surface area (Å²) in [7, 11) is -3.85. The highest BCUT2D eigenvalue weighted by molar-refractivity contribution is 7.90. The lowest BCUT2D eigenvalue weighted by molar-refractivity contribution is -0.119. The summed E-state index contributed by atoms with van der Waals surface area (Å²) in [5.41, 5.74) is 4.15. The zero-order chi connectivity index (χ0) is 29.9. The van der Waals surface area contributed by atoms with Gasteiger partial charge in [-0.2, -0.15) is 10.2 Å². The lowest BCUT2D eigenvalue weighted by Gasteiger charge is -2.32. The van der Waals surface area contributed by atoms with Crippen LogP contribution in [0.5, 0.6) is 11.6 Å². The Bertz CT molecular complexity index is 1730. The maximum Gasteiger partial charge on any atom is 0.264 e. The third kappa shape index (κ3) is 6.70. The largest absolute Gasteiger partial charge is 0.437 e. The Morgan fingerprint density at radius 2 is 1.81 bits per heavy atom. The van der Waals surface area contributed by atoms with Crippen LogP contribution in [-0.4, -0.2) is 48.3 Å². The van der Waals surface area contributed by atoms with Crippen molar-refractivity contribution in [2.75, 3.05) is 18.4 Å². The summed E-state index contributed by atoms with van der Waals surface area (Å²) in [6.07, 6.45) is 1.89. The van der Waals surface area contributed by atoms with Gasteiger partial charge in [-0.25, -0.2) is 18.1 Å². The van der Waals surface area contributed by atoms with E-state index in [9.17, 15) is 18.5 Å². The van der Waals surface area contributed by atoms with E-state index in [1.54, 1.807) is 19.1 Å². The second kappa shape index (κ2) is 12.4. The van der Waals surface area contributed by atoms with E-state index in [2.05, 4.69) is 21.0 Å². The molecule has 1 aliphatic rings. The summed E-state index contributed by atoms with van der Waals surface area (Å²) >= 11 is 1.53. The zero-order valence-corrected chi connectivity index (χ0v) is 25.3. The number of piperidine rings is 1. The Labute approximate surface area is 249 Å². The fourth-order valence-electron chi connectivity index (χ4n) is 4.97. The molecule has 0 aliphatic carbocycles. The predicted octanol–water partition coefficient (Wildman–Crippen LogP) is 5.26. The maximum atomic E-state index is 12.3. The Morgan fingerprint density at radius 3 is 2.45 bits per heavy atom. The molecule has 0 saturated carbocycles. The Kier molecular flexibility index (Phi) is 8.72. The molecule has 3 heterocycles. The third-order valence-corrected chi connectivity index (χ3v) is 9.47. The molecule has 0 radical (unpaired) electrons. The van der Waals surface area contributed by atoms with Crippen LogP contribution >= 0.6 is 11.3 Å². The van der Waals surface area contributed by atoms with Crippen LogP contribution in [0.3, 0.4) is 0 Å². The molecule has 1 saturated heterocycles. The molecule has 1 aliphatic heterocycles. The van der Waals surface area contributed by atoms with Gasteiger partial charge in [0.15, 0.2) is 0 Å². The fourth-order valence-corrected chi connectivity index (χ4v) is 6.79. The quantitative estimate of drug-likeness (QED) is 0.262. The van der Waals surface area contributed by atoms with Crippen LogP contribution < -0.4 is 14.8 Å². The number of likely N-dealkylation sites (tertiary alicyclic amines) is 1. The Morgan fingerprint density at radius 1 is 1.12 bits per heavy atom. The molecular formula is C30H32N6O4S2. The minimum Gasteiger partial charge on any atom is -0.437 e.